The molecule has 0 fully saturated rings. The van der Waals surface area contributed by atoms with Gasteiger partial charge in [-0.1, -0.05) is 0 Å². The Kier molecular flexibility index (Phi) is 2.71. The van der Waals surface area contributed by atoms with E-state index < -0.39 is 0 Å². The van der Waals surface area contributed by atoms with Gasteiger partial charge in [-0.25, -0.2) is 9.99 Å². The maximum atomic E-state index is 11.2. The van der Waals surface area contributed by atoms with Crippen LogP contribution in [0, 0.1) is 0 Å². The Morgan fingerprint density at radius 3 is 2.75 bits per heavy atom. The Bertz CT molecular complexity index is 259. The second kappa shape index (κ2) is 3.77. The second-order valence-corrected chi connectivity index (χ2v) is 2.43. The van der Waals surface area contributed by atoms with Crippen LogP contribution in [0.5, 0.6) is 0 Å². The first-order valence-corrected chi connectivity index (χ1v) is 3.44. The normalized spacial score (nSPS) is 9.92. The molecular formula is C7H10N4O. The first-order valence-electron chi connectivity index (χ1n) is 3.44. The standard InChI is InChI=1S/C7H10N4O/c1-11(2)10-7(12)6-5-8-3-4-9-6/h3-5H,1-2H3,(H,10,12). The van der Waals surface area contributed by atoms with E-state index in [4.69, 9.17) is 0 Å². The third-order valence-electron chi connectivity index (χ3n) is 1.12. The zero-order chi connectivity index (χ0) is 8.97. The summed E-state index contributed by atoms with van der Waals surface area (Å²) in [7, 11) is 3.46. The lowest BCUT2D eigenvalue weighted by atomic mass is 10.4. The summed E-state index contributed by atoms with van der Waals surface area (Å²) in [5.74, 6) is -0.256. The van der Waals surface area contributed by atoms with E-state index in [9.17, 15) is 4.79 Å². The zero-order valence-electron chi connectivity index (χ0n) is 6.98. The molecule has 0 bridgehead atoms. The van der Waals surface area contributed by atoms with Crippen molar-refractivity contribution in [2.75, 3.05) is 14.1 Å². The van der Waals surface area contributed by atoms with E-state index in [1.54, 1.807) is 19.1 Å². The van der Waals surface area contributed by atoms with E-state index in [0.717, 1.165) is 0 Å². The van der Waals surface area contributed by atoms with Crippen molar-refractivity contribution in [3.63, 3.8) is 0 Å². The van der Waals surface area contributed by atoms with Crippen LogP contribution in [0.25, 0.3) is 0 Å². The minimum Gasteiger partial charge on any atom is -0.284 e. The minimum absolute atomic E-state index is 0.256. The maximum Gasteiger partial charge on any atom is 0.285 e. The van der Waals surface area contributed by atoms with Gasteiger partial charge in [-0.2, -0.15) is 0 Å². The average Bonchev–Trinajstić information content (AvgIpc) is 2.05. The number of rotatable bonds is 2. The van der Waals surface area contributed by atoms with E-state index in [1.807, 2.05) is 0 Å². The van der Waals surface area contributed by atoms with Gasteiger partial charge in [-0.15, -0.1) is 0 Å². The maximum absolute atomic E-state index is 11.2. The lowest BCUT2D eigenvalue weighted by molar-refractivity contribution is 0.0851. The lowest BCUT2D eigenvalue weighted by Gasteiger charge is -2.10. The van der Waals surface area contributed by atoms with Crippen LogP contribution in [0.4, 0.5) is 0 Å². The number of carbonyl (C=O) groups is 1. The van der Waals surface area contributed by atoms with Gasteiger partial charge in [-0.3, -0.25) is 15.2 Å². The highest BCUT2D eigenvalue weighted by molar-refractivity contribution is 5.91. The van der Waals surface area contributed by atoms with Gasteiger partial charge in [0.05, 0.1) is 6.20 Å². The molecule has 64 valence electrons. The molecule has 1 heterocycles. The molecule has 0 aliphatic carbocycles. The Balaban J connectivity index is 2.66. The molecule has 0 aromatic carbocycles. The average molecular weight is 166 g/mol. The number of hydrazine groups is 1. The summed E-state index contributed by atoms with van der Waals surface area (Å²) in [6, 6.07) is 0. The third kappa shape index (κ3) is 2.28. The van der Waals surface area contributed by atoms with Crippen LogP contribution < -0.4 is 5.43 Å². The molecule has 0 aliphatic rings. The number of nitrogens with one attached hydrogen (secondary N) is 1. The molecule has 0 saturated heterocycles. The third-order valence-corrected chi connectivity index (χ3v) is 1.12. The van der Waals surface area contributed by atoms with Gasteiger partial charge in [0.15, 0.2) is 0 Å². The SMILES string of the molecule is CN(C)NC(=O)c1cnccn1. The monoisotopic (exact) mass is 166 g/mol. The molecule has 5 heteroatoms. The van der Waals surface area contributed by atoms with Gasteiger partial charge < -0.3 is 0 Å². The fourth-order valence-corrected chi connectivity index (χ4v) is 0.677. The topological polar surface area (TPSA) is 58.1 Å². The van der Waals surface area contributed by atoms with Gasteiger partial charge in [-0.05, 0) is 0 Å². The quantitative estimate of drug-likeness (QED) is 0.612. The van der Waals surface area contributed by atoms with Crippen LogP contribution >= 0.6 is 0 Å². The van der Waals surface area contributed by atoms with Gasteiger partial charge in [0, 0.05) is 26.5 Å². The van der Waals surface area contributed by atoms with Crippen molar-refractivity contribution in [1.29, 1.82) is 0 Å². The summed E-state index contributed by atoms with van der Waals surface area (Å²) < 4.78 is 0. The highest BCUT2D eigenvalue weighted by Crippen LogP contribution is 1.88. The first-order chi connectivity index (χ1) is 5.70. The van der Waals surface area contributed by atoms with Crippen molar-refractivity contribution in [2.24, 2.45) is 0 Å². The fourth-order valence-electron chi connectivity index (χ4n) is 0.677. The van der Waals surface area contributed by atoms with Gasteiger partial charge in [0.25, 0.3) is 5.91 Å². The molecule has 0 aliphatic heterocycles. The molecule has 0 radical (unpaired) electrons. The molecule has 0 unspecified atom stereocenters. The van der Waals surface area contributed by atoms with Crippen LogP contribution in [0.2, 0.25) is 0 Å². The molecule has 5 nitrogen and oxygen atoms in total. The number of nitrogens with zero attached hydrogens (tertiary/aromatic N) is 3. The molecular weight excluding hydrogens is 156 g/mol. The number of hydrogen-bond acceptors (Lipinski definition) is 4. The Morgan fingerprint density at radius 2 is 2.25 bits per heavy atom. The van der Waals surface area contributed by atoms with E-state index in [1.165, 1.54) is 18.6 Å². The first kappa shape index (κ1) is 8.61. The van der Waals surface area contributed by atoms with Crippen LogP contribution in [0.3, 0.4) is 0 Å². The summed E-state index contributed by atoms with van der Waals surface area (Å²) in [5.41, 5.74) is 2.86. The van der Waals surface area contributed by atoms with Crippen molar-refractivity contribution in [3.8, 4) is 0 Å². The van der Waals surface area contributed by atoms with E-state index in [0.29, 0.717) is 5.69 Å². The minimum atomic E-state index is -0.256. The van der Waals surface area contributed by atoms with Crippen LogP contribution in [0.15, 0.2) is 18.6 Å². The number of hydrogen-bond donors (Lipinski definition) is 1. The number of aromatic nitrogens is 2. The van der Waals surface area contributed by atoms with E-state index in [-0.39, 0.29) is 5.91 Å². The lowest BCUT2D eigenvalue weighted by Crippen LogP contribution is -2.36. The van der Waals surface area contributed by atoms with Crippen molar-refractivity contribution in [3.05, 3.63) is 24.3 Å². The predicted molar refractivity (Wildman–Crippen MR) is 43.2 cm³/mol. The molecule has 1 amide bonds. The van der Waals surface area contributed by atoms with E-state index in [2.05, 4.69) is 15.4 Å². The molecule has 1 aromatic heterocycles. The summed E-state index contributed by atoms with van der Waals surface area (Å²) in [4.78, 5) is 18.8. The second-order valence-electron chi connectivity index (χ2n) is 2.43. The fraction of sp³-hybridized carbons (Fsp3) is 0.286. The molecule has 0 spiro atoms. The van der Waals surface area contributed by atoms with Crippen LogP contribution in [-0.2, 0) is 0 Å². The highest BCUT2D eigenvalue weighted by atomic mass is 16.2. The Morgan fingerprint density at radius 1 is 1.50 bits per heavy atom. The Hall–Kier alpha value is -1.49. The predicted octanol–water partition coefficient (Wildman–Crippen LogP) is -0.317. The summed E-state index contributed by atoms with van der Waals surface area (Å²) >= 11 is 0. The van der Waals surface area contributed by atoms with Crippen molar-refractivity contribution in [1.82, 2.24) is 20.4 Å². The van der Waals surface area contributed by atoms with Crippen molar-refractivity contribution < 1.29 is 4.79 Å². The summed E-state index contributed by atoms with van der Waals surface area (Å²) in [6.45, 7) is 0. The zero-order valence-corrected chi connectivity index (χ0v) is 6.98. The number of carbonyl (C=O) groups excluding carboxylic acids is 1. The van der Waals surface area contributed by atoms with Crippen molar-refractivity contribution >= 4 is 5.91 Å². The van der Waals surface area contributed by atoms with Crippen molar-refractivity contribution in [2.45, 2.75) is 0 Å². The van der Waals surface area contributed by atoms with Gasteiger partial charge in [0.2, 0.25) is 0 Å². The molecule has 1 rings (SSSR count). The van der Waals surface area contributed by atoms with Gasteiger partial charge in [0.1, 0.15) is 5.69 Å². The smallest absolute Gasteiger partial charge is 0.284 e. The van der Waals surface area contributed by atoms with Crippen LogP contribution in [-0.4, -0.2) is 35.0 Å². The summed E-state index contributed by atoms with van der Waals surface area (Å²) in [5, 5.41) is 1.55. The summed E-state index contributed by atoms with van der Waals surface area (Å²) in [6.07, 6.45) is 4.41. The Labute approximate surface area is 70.4 Å². The molecule has 0 atom stereocenters. The van der Waals surface area contributed by atoms with Gasteiger partial charge >= 0.3 is 0 Å². The molecule has 12 heavy (non-hydrogen) atoms. The highest BCUT2D eigenvalue weighted by Gasteiger charge is 2.05. The number of amides is 1. The molecule has 1 N–H and O–H groups in total. The van der Waals surface area contributed by atoms with E-state index >= 15 is 0 Å². The van der Waals surface area contributed by atoms with Crippen LogP contribution in [0.1, 0.15) is 10.5 Å². The molecule has 1 aromatic rings. The largest absolute Gasteiger partial charge is 0.285 e. The molecule has 0 saturated carbocycles.